The normalized spacial score (nSPS) is 11.7. The summed E-state index contributed by atoms with van der Waals surface area (Å²) in [5, 5.41) is 12.5. The number of aliphatic hydroxyl groups excluding tert-OH is 1. The summed E-state index contributed by atoms with van der Waals surface area (Å²) in [6, 6.07) is 7.87. The molecule has 0 radical (unpaired) electrons. The average molecular weight is 208 g/mol. The van der Waals surface area contributed by atoms with Gasteiger partial charge in [0, 0.05) is 18.6 Å². The first kappa shape index (κ1) is 12.2. The Hall–Kier alpha value is -0.900. The number of hydrogen-bond acceptors (Lipinski definition) is 3. The molecule has 0 atom stereocenters. The highest BCUT2D eigenvalue weighted by molar-refractivity contribution is 5.26. The van der Waals surface area contributed by atoms with Gasteiger partial charge in [-0.25, -0.2) is 0 Å². The molecule has 1 rings (SSSR count). The van der Waals surface area contributed by atoms with Gasteiger partial charge in [0.15, 0.2) is 0 Å². The molecule has 3 nitrogen and oxygen atoms in total. The lowest BCUT2D eigenvalue weighted by Crippen LogP contribution is -2.45. The van der Waals surface area contributed by atoms with Gasteiger partial charge >= 0.3 is 0 Å². The minimum atomic E-state index is -0.0669. The van der Waals surface area contributed by atoms with Crippen molar-refractivity contribution in [1.29, 1.82) is 0 Å². The van der Waals surface area contributed by atoms with Crippen molar-refractivity contribution in [2.75, 3.05) is 6.54 Å². The number of rotatable bonds is 5. The molecule has 3 heteroatoms. The van der Waals surface area contributed by atoms with Gasteiger partial charge in [-0.15, -0.1) is 0 Å². The van der Waals surface area contributed by atoms with Crippen LogP contribution in [0.1, 0.15) is 25.0 Å². The van der Waals surface area contributed by atoms with E-state index >= 15 is 0 Å². The van der Waals surface area contributed by atoms with Crippen LogP contribution >= 0.6 is 0 Å². The first-order valence-corrected chi connectivity index (χ1v) is 5.22. The summed E-state index contributed by atoms with van der Waals surface area (Å²) >= 11 is 0. The van der Waals surface area contributed by atoms with E-state index in [0.717, 1.165) is 17.7 Å². The molecule has 15 heavy (non-hydrogen) atoms. The zero-order valence-corrected chi connectivity index (χ0v) is 9.46. The van der Waals surface area contributed by atoms with E-state index in [0.29, 0.717) is 6.54 Å². The number of benzene rings is 1. The Bertz CT molecular complexity index is 310. The van der Waals surface area contributed by atoms with Gasteiger partial charge in [-0.05, 0) is 25.0 Å². The molecule has 0 saturated carbocycles. The Morgan fingerprint density at radius 1 is 1.27 bits per heavy atom. The van der Waals surface area contributed by atoms with E-state index < -0.39 is 0 Å². The van der Waals surface area contributed by atoms with Crippen LogP contribution in [0.4, 0.5) is 0 Å². The topological polar surface area (TPSA) is 58.3 Å². The number of nitrogens with one attached hydrogen (secondary N) is 1. The minimum absolute atomic E-state index is 0.0669. The fraction of sp³-hybridized carbons (Fsp3) is 0.500. The van der Waals surface area contributed by atoms with Crippen LogP contribution in [0.2, 0.25) is 0 Å². The van der Waals surface area contributed by atoms with Gasteiger partial charge in [-0.3, -0.25) is 0 Å². The molecular formula is C12H20N2O. The third-order valence-corrected chi connectivity index (χ3v) is 2.56. The number of hydrogen-bond donors (Lipinski definition) is 3. The lowest BCUT2D eigenvalue weighted by atomic mass is 10.0. The summed E-state index contributed by atoms with van der Waals surface area (Å²) in [6.07, 6.45) is 0. The van der Waals surface area contributed by atoms with Gasteiger partial charge < -0.3 is 16.2 Å². The van der Waals surface area contributed by atoms with E-state index in [4.69, 9.17) is 10.8 Å². The van der Waals surface area contributed by atoms with Crippen LogP contribution in [-0.2, 0) is 13.2 Å². The van der Waals surface area contributed by atoms with Crippen LogP contribution in [0.5, 0.6) is 0 Å². The zero-order chi connectivity index (χ0) is 11.3. The van der Waals surface area contributed by atoms with Crippen LogP contribution in [0.15, 0.2) is 24.3 Å². The van der Waals surface area contributed by atoms with E-state index in [1.54, 1.807) is 0 Å². The van der Waals surface area contributed by atoms with Crippen LogP contribution in [0.25, 0.3) is 0 Å². The number of nitrogens with two attached hydrogens (primary N) is 1. The summed E-state index contributed by atoms with van der Waals surface area (Å²) in [6.45, 7) is 5.54. The summed E-state index contributed by atoms with van der Waals surface area (Å²) in [7, 11) is 0. The Morgan fingerprint density at radius 2 is 1.87 bits per heavy atom. The summed E-state index contributed by atoms with van der Waals surface area (Å²) in [4.78, 5) is 0. The third-order valence-electron chi connectivity index (χ3n) is 2.56. The van der Waals surface area contributed by atoms with Gasteiger partial charge in [0.05, 0.1) is 6.61 Å². The average Bonchev–Trinajstić information content (AvgIpc) is 2.27. The van der Waals surface area contributed by atoms with Crippen molar-refractivity contribution < 1.29 is 5.11 Å². The van der Waals surface area contributed by atoms with Crippen molar-refractivity contribution in [1.82, 2.24) is 5.32 Å². The zero-order valence-electron chi connectivity index (χ0n) is 9.46. The van der Waals surface area contributed by atoms with Crippen LogP contribution < -0.4 is 11.1 Å². The lowest BCUT2D eigenvalue weighted by molar-refractivity contribution is 0.279. The maximum atomic E-state index is 9.15. The molecule has 84 valence electrons. The van der Waals surface area contributed by atoms with Crippen molar-refractivity contribution in [3.63, 3.8) is 0 Å². The van der Waals surface area contributed by atoms with Crippen LogP contribution in [0, 0.1) is 0 Å². The standard InChI is InChI=1S/C12H20N2O/c1-12(2,9-13)14-7-10-5-3-4-6-11(10)8-15/h3-6,14-15H,7-9,13H2,1-2H3. The second kappa shape index (κ2) is 5.26. The van der Waals surface area contributed by atoms with Gasteiger partial charge in [0.2, 0.25) is 0 Å². The molecular weight excluding hydrogens is 188 g/mol. The molecule has 4 N–H and O–H groups in total. The molecule has 0 aliphatic heterocycles. The fourth-order valence-electron chi connectivity index (χ4n) is 1.29. The minimum Gasteiger partial charge on any atom is -0.392 e. The second-order valence-corrected chi connectivity index (χ2v) is 4.37. The third kappa shape index (κ3) is 3.63. The quantitative estimate of drug-likeness (QED) is 0.676. The Morgan fingerprint density at radius 3 is 2.40 bits per heavy atom. The fourth-order valence-corrected chi connectivity index (χ4v) is 1.29. The molecule has 0 bridgehead atoms. The molecule has 0 aromatic heterocycles. The summed E-state index contributed by atoms with van der Waals surface area (Å²) in [5.74, 6) is 0. The van der Waals surface area contributed by atoms with Gasteiger partial charge in [0.25, 0.3) is 0 Å². The maximum Gasteiger partial charge on any atom is 0.0685 e. The molecule has 1 aromatic carbocycles. The SMILES string of the molecule is CC(C)(CN)NCc1ccccc1CO. The smallest absolute Gasteiger partial charge is 0.0685 e. The van der Waals surface area contributed by atoms with Crippen LogP contribution in [-0.4, -0.2) is 17.2 Å². The molecule has 1 aromatic rings. The molecule has 0 saturated heterocycles. The Labute approximate surface area is 91.3 Å². The number of aliphatic hydroxyl groups is 1. The molecule has 0 unspecified atom stereocenters. The second-order valence-electron chi connectivity index (χ2n) is 4.37. The lowest BCUT2D eigenvalue weighted by Gasteiger charge is -2.24. The first-order valence-electron chi connectivity index (χ1n) is 5.22. The predicted molar refractivity (Wildman–Crippen MR) is 62.3 cm³/mol. The Kier molecular flexibility index (Phi) is 4.27. The largest absolute Gasteiger partial charge is 0.392 e. The summed E-state index contributed by atoms with van der Waals surface area (Å²) < 4.78 is 0. The molecule has 0 aliphatic carbocycles. The summed E-state index contributed by atoms with van der Waals surface area (Å²) in [5.41, 5.74) is 7.66. The molecule has 0 fully saturated rings. The van der Waals surface area contributed by atoms with Crippen molar-refractivity contribution in [3.05, 3.63) is 35.4 Å². The van der Waals surface area contributed by atoms with Gasteiger partial charge in [0.1, 0.15) is 0 Å². The van der Waals surface area contributed by atoms with E-state index in [-0.39, 0.29) is 12.1 Å². The monoisotopic (exact) mass is 208 g/mol. The van der Waals surface area contributed by atoms with Gasteiger partial charge in [-0.1, -0.05) is 24.3 Å². The van der Waals surface area contributed by atoms with E-state index in [1.807, 2.05) is 24.3 Å². The Balaban J connectivity index is 2.65. The molecule has 0 aliphatic rings. The van der Waals surface area contributed by atoms with Crippen molar-refractivity contribution in [2.24, 2.45) is 5.73 Å². The molecule has 0 heterocycles. The molecule has 0 amide bonds. The van der Waals surface area contributed by atoms with E-state index in [2.05, 4.69) is 19.2 Å². The maximum absolute atomic E-state index is 9.15. The molecule has 0 spiro atoms. The highest BCUT2D eigenvalue weighted by Crippen LogP contribution is 2.10. The van der Waals surface area contributed by atoms with E-state index in [1.165, 1.54) is 0 Å². The van der Waals surface area contributed by atoms with Crippen molar-refractivity contribution >= 4 is 0 Å². The highest BCUT2D eigenvalue weighted by Gasteiger charge is 2.14. The predicted octanol–water partition coefficient (Wildman–Crippen LogP) is 1.01. The van der Waals surface area contributed by atoms with E-state index in [9.17, 15) is 0 Å². The van der Waals surface area contributed by atoms with Gasteiger partial charge in [-0.2, -0.15) is 0 Å². The highest BCUT2D eigenvalue weighted by atomic mass is 16.3. The van der Waals surface area contributed by atoms with Crippen LogP contribution in [0.3, 0.4) is 0 Å². The van der Waals surface area contributed by atoms with Crippen molar-refractivity contribution in [2.45, 2.75) is 32.5 Å². The first-order chi connectivity index (χ1) is 7.09. The van der Waals surface area contributed by atoms with Crippen molar-refractivity contribution in [3.8, 4) is 0 Å².